The molecule has 0 aliphatic carbocycles. The zero-order valence-corrected chi connectivity index (χ0v) is 17.2. The molecule has 1 aliphatic rings. The van der Waals surface area contributed by atoms with Gasteiger partial charge in [-0.3, -0.25) is 0 Å². The van der Waals surface area contributed by atoms with Crippen LogP contribution in [0.4, 0.5) is 17.6 Å². The molecule has 0 radical (unpaired) electrons. The molecule has 3 heterocycles. The van der Waals surface area contributed by atoms with Crippen molar-refractivity contribution < 1.29 is 4.74 Å². The number of piperidine rings is 1. The van der Waals surface area contributed by atoms with E-state index in [9.17, 15) is 0 Å². The number of alkyl halides is 3. The average molecular weight is 433 g/mol. The normalized spacial score (nSPS) is 16.2. The van der Waals surface area contributed by atoms with Crippen LogP contribution in [0.15, 0.2) is 18.3 Å². The molecule has 0 amide bonds. The molecule has 1 saturated heterocycles. The highest BCUT2D eigenvalue weighted by Gasteiger charge is 2.29. The fraction of sp³-hybridized carbons (Fsp3) is 0.500. The first-order chi connectivity index (χ1) is 12.8. The number of methoxy groups -OCH3 is 1. The Morgan fingerprint density at radius 3 is 2.52 bits per heavy atom. The summed E-state index contributed by atoms with van der Waals surface area (Å²) in [5, 5.41) is 6.36. The summed E-state index contributed by atoms with van der Waals surface area (Å²) in [4.78, 5) is 19.3. The van der Waals surface area contributed by atoms with Gasteiger partial charge in [-0.25, -0.2) is 4.98 Å². The van der Waals surface area contributed by atoms with Gasteiger partial charge in [-0.05, 0) is 45.1 Å². The van der Waals surface area contributed by atoms with Gasteiger partial charge in [-0.15, -0.1) is 0 Å². The Hall–Kier alpha value is -1.61. The van der Waals surface area contributed by atoms with Crippen LogP contribution in [-0.4, -0.2) is 58.1 Å². The Kier molecular flexibility index (Phi) is 6.41. The van der Waals surface area contributed by atoms with Crippen molar-refractivity contribution in [3.63, 3.8) is 0 Å². The van der Waals surface area contributed by atoms with E-state index in [4.69, 9.17) is 39.5 Å². The summed E-state index contributed by atoms with van der Waals surface area (Å²) in [6.45, 7) is 2.00. The largest absolute Gasteiger partial charge is 0.480 e. The van der Waals surface area contributed by atoms with Crippen LogP contribution in [0.1, 0.15) is 18.7 Å². The Balaban J connectivity index is 1.86. The summed E-state index contributed by atoms with van der Waals surface area (Å²) in [5.41, 5.74) is 0.590. The van der Waals surface area contributed by atoms with Gasteiger partial charge in [0.05, 0.1) is 7.11 Å². The van der Waals surface area contributed by atoms with Crippen LogP contribution >= 0.6 is 34.8 Å². The molecular weight excluding hydrogens is 413 g/mol. The fourth-order valence-electron chi connectivity index (χ4n) is 2.73. The third-order valence-electron chi connectivity index (χ3n) is 4.15. The van der Waals surface area contributed by atoms with Crippen molar-refractivity contribution in [2.75, 3.05) is 37.9 Å². The summed E-state index contributed by atoms with van der Waals surface area (Å²) in [5.74, 6) is 1.01. The second-order valence-corrected chi connectivity index (χ2v) is 8.49. The maximum absolute atomic E-state index is 6.00. The van der Waals surface area contributed by atoms with Crippen molar-refractivity contribution in [1.82, 2.24) is 24.8 Å². The molecule has 8 nitrogen and oxygen atoms in total. The number of pyridine rings is 1. The van der Waals surface area contributed by atoms with Gasteiger partial charge in [0.15, 0.2) is 5.82 Å². The molecule has 0 aromatic carbocycles. The number of nitrogens with one attached hydrogen (secondary N) is 2. The molecule has 0 spiro atoms. The minimum absolute atomic E-state index is 0.0308. The average Bonchev–Trinajstić information content (AvgIpc) is 2.63. The zero-order chi connectivity index (χ0) is 19.4. The number of anilines is 3. The van der Waals surface area contributed by atoms with Gasteiger partial charge in [0, 0.05) is 12.2 Å². The van der Waals surface area contributed by atoms with Crippen LogP contribution in [0.2, 0.25) is 0 Å². The number of hydrogen-bond donors (Lipinski definition) is 2. The van der Waals surface area contributed by atoms with Crippen LogP contribution in [0, 0.1) is 0 Å². The van der Waals surface area contributed by atoms with E-state index in [1.807, 2.05) is 0 Å². The number of nitrogens with zero attached hydrogens (tertiary/aromatic N) is 5. The van der Waals surface area contributed by atoms with Crippen LogP contribution in [0.3, 0.4) is 0 Å². The summed E-state index contributed by atoms with van der Waals surface area (Å²) in [6, 6.07) is 3.79. The molecule has 2 aromatic rings. The lowest BCUT2D eigenvalue weighted by atomic mass is 10.1. The third kappa shape index (κ3) is 5.44. The first-order valence-electron chi connectivity index (χ1n) is 8.39. The van der Waals surface area contributed by atoms with Gasteiger partial charge in [-0.2, -0.15) is 15.0 Å². The molecule has 0 saturated carbocycles. The molecule has 0 unspecified atom stereocenters. The van der Waals surface area contributed by atoms with Crippen LogP contribution in [0.5, 0.6) is 5.88 Å². The second-order valence-electron chi connectivity index (χ2n) is 6.21. The van der Waals surface area contributed by atoms with Gasteiger partial charge in [-0.1, -0.05) is 34.8 Å². The quantitative estimate of drug-likeness (QED) is 0.695. The lowest BCUT2D eigenvalue weighted by Gasteiger charge is -2.29. The van der Waals surface area contributed by atoms with E-state index in [1.165, 1.54) is 7.11 Å². The highest BCUT2D eigenvalue weighted by Crippen LogP contribution is 2.37. The Morgan fingerprint density at radius 2 is 1.85 bits per heavy atom. The van der Waals surface area contributed by atoms with Crippen molar-refractivity contribution in [1.29, 1.82) is 0 Å². The summed E-state index contributed by atoms with van der Waals surface area (Å²) in [7, 11) is 3.63. The zero-order valence-electron chi connectivity index (χ0n) is 14.9. The topological polar surface area (TPSA) is 88.1 Å². The number of rotatable bonds is 5. The molecule has 0 bridgehead atoms. The van der Waals surface area contributed by atoms with E-state index < -0.39 is 3.79 Å². The number of ether oxygens (including phenoxy) is 1. The number of halogens is 3. The van der Waals surface area contributed by atoms with Crippen molar-refractivity contribution in [3.8, 4) is 5.88 Å². The van der Waals surface area contributed by atoms with Crippen LogP contribution < -0.4 is 15.4 Å². The van der Waals surface area contributed by atoms with Gasteiger partial charge < -0.3 is 20.3 Å². The third-order valence-corrected chi connectivity index (χ3v) is 4.66. The number of likely N-dealkylation sites (tertiary alicyclic amines) is 1. The Labute approximate surface area is 172 Å². The lowest BCUT2D eigenvalue weighted by molar-refractivity contribution is 0.263. The Bertz CT molecular complexity index is 779. The molecule has 2 aromatic heterocycles. The number of hydrogen-bond acceptors (Lipinski definition) is 8. The maximum Gasteiger partial charge on any atom is 0.250 e. The second kappa shape index (κ2) is 8.60. The smallest absolute Gasteiger partial charge is 0.250 e. The van der Waals surface area contributed by atoms with E-state index in [0.29, 0.717) is 17.5 Å². The molecule has 1 aliphatic heterocycles. The first-order valence-corrected chi connectivity index (χ1v) is 9.53. The van der Waals surface area contributed by atoms with E-state index >= 15 is 0 Å². The van der Waals surface area contributed by atoms with Crippen molar-refractivity contribution in [3.05, 3.63) is 24.2 Å². The van der Waals surface area contributed by atoms with Crippen molar-refractivity contribution >= 4 is 52.4 Å². The van der Waals surface area contributed by atoms with Gasteiger partial charge >= 0.3 is 0 Å². The predicted octanol–water partition coefficient (Wildman–Crippen LogP) is 3.35. The lowest BCUT2D eigenvalue weighted by Crippen LogP contribution is -2.37. The summed E-state index contributed by atoms with van der Waals surface area (Å²) in [6.07, 6.45) is 3.58. The molecule has 1 fully saturated rings. The number of aromatic nitrogens is 4. The van der Waals surface area contributed by atoms with E-state index in [-0.39, 0.29) is 17.8 Å². The van der Waals surface area contributed by atoms with Gasteiger partial charge in [0.2, 0.25) is 21.6 Å². The molecule has 3 rings (SSSR count). The monoisotopic (exact) mass is 431 g/mol. The van der Waals surface area contributed by atoms with Crippen molar-refractivity contribution in [2.24, 2.45) is 0 Å². The van der Waals surface area contributed by atoms with Gasteiger partial charge in [0.1, 0.15) is 5.69 Å². The first kappa shape index (κ1) is 20.1. The van der Waals surface area contributed by atoms with Crippen molar-refractivity contribution in [2.45, 2.75) is 22.7 Å². The highest BCUT2D eigenvalue weighted by atomic mass is 35.6. The Morgan fingerprint density at radius 1 is 1.15 bits per heavy atom. The summed E-state index contributed by atoms with van der Waals surface area (Å²) < 4.78 is 3.46. The van der Waals surface area contributed by atoms with E-state index in [2.05, 4.69) is 42.5 Å². The minimum atomic E-state index is -1.78. The van der Waals surface area contributed by atoms with E-state index in [1.54, 1.807) is 18.3 Å². The summed E-state index contributed by atoms with van der Waals surface area (Å²) >= 11 is 18.0. The van der Waals surface area contributed by atoms with E-state index in [0.717, 1.165) is 25.9 Å². The fourth-order valence-corrected chi connectivity index (χ4v) is 2.98. The van der Waals surface area contributed by atoms with Crippen LogP contribution in [0.25, 0.3) is 0 Å². The van der Waals surface area contributed by atoms with Crippen LogP contribution in [-0.2, 0) is 3.79 Å². The van der Waals surface area contributed by atoms with Gasteiger partial charge in [0.25, 0.3) is 0 Å². The molecule has 2 N–H and O–H groups in total. The maximum atomic E-state index is 6.00. The minimum Gasteiger partial charge on any atom is -0.480 e. The standard InChI is InChI=1S/C16H20Cl3N7O/c1-26-8-5-10(6-9-26)21-14-23-13(16(17,18)19)24-15(25-14)22-11-4-3-7-20-12(11)27-2/h3-4,7,10H,5-6,8-9H2,1-2H3,(H2,21,22,23,24,25). The SMILES string of the molecule is COc1ncccc1Nc1nc(NC2CCN(C)CC2)nc(C(Cl)(Cl)Cl)n1. The molecule has 146 valence electrons. The molecule has 27 heavy (non-hydrogen) atoms. The molecule has 0 atom stereocenters. The highest BCUT2D eigenvalue weighted by molar-refractivity contribution is 6.66. The molecule has 11 heteroatoms. The molecular formula is C16H20Cl3N7O. The predicted molar refractivity (Wildman–Crippen MR) is 107 cm³/mol.